The van der Waals surface area contributed by atoms with E-state index in [-0.39, 0.29) is 18.4 Å². The number of benzene rings is 1. The first-order valence-corrected chi connectivity index (χ1v) is 9.05. The normalized spacial score (nSPS) is 11.0. The quantitative estimate of drug-likeness (QED) is 0.758. The lowest BCUT2D eigenvalue weighted by atomic mass is 10.1. The zero-order chi connectivity index (χ0) is 19.3. The Bertz CT molecular complexity index is 774. The fourth-order valence-electron chi connectivity index (χ4n) is 3.04. The van der Waals surface area contributed by atoms with Crippen LogP contribution in [0.1, 0.15) is 60.4 Å². The first-order chi connectivity index (χ1) is 12.4. The van der Waals surface area contributed by atoms with Crippen molar-refractivity contribution in [2.75, 3.05) is 0 Å². The molecule has 1 amide bonds. The van der Waals surface area contributed by atoms with Gasteiger partial charge in [0.1, 0.15) is 0 Å². The second-order valence-corrected chi connectivity index (χ2v) is 6.49. The van der Waals surface area contributed by atoms with Crippen LogP contribution in [0.3, 0.4) is 0 Å². The molecule has 6 heteroatoms. The van der Waals surface area contributed by atoms with Crippen LogP contribution >= 0.6 is 0 Å². The van der Waals surface area contributed by atoms with Gasteiger partial charge in [-0.15, -0.1) is 0 Å². The van der Waals surface area contributed by atoms with Crippen LogP contribution in [0.25, 0.3) is 5.69 Å². The van der Waals surface area contributed by atoms with E-state index in [0.717, 1.165) is 35.5 Å². The van der Waals surface area contributed by atoms with Gasteiger partial charge in [0.15, 0.2) is 0 Å². The molecule has 2 rings (SSSR count). The second-order valence-electron chi connectivity index (χ2n) is 6.49. The topological polar surface area (TPSA) is 84.2 Å². The maximum absolute atomic E-state index is 12.3. The number of aliphatic carboxylic acids is 1. The molecule has 0 aliphatic heterocycles. The number of nitrogens with one attached hydrogen (secondary N) is 1. The number of nitrogens with zero attached hydrogens (tertiary/aromatic N) is 2. The van der Waals surface area contributed by atoms with Crippen LogP contribution in [0.4, 0.5) is 0 Å². The average molecular weight is 357 g/mol. The van der Waals surface area contributed by atoms with Crippen LogP contribution in [-0.2, 0) is 11.2 Å². The summed E-state index contributed by atoms with van der Waals surface area (Å²) >= 11 is 0. The average Bonchev–Trinajstić information content (AvgIpc) is 2.91. The van der Waals surface area contributed by atoms with Gasteiger partial charge in [0.25, 0.3) is 5.91 Å². The molecular weight excluding hydrogens is 330 g/mol. The lowest BCUT2D eigenvalue weighted by Crippen LogP contribution is -2.33. The molecule has 2 N–H and O–H groups in total. The molecule has 0 unspecified atom stereocenters. The molecule has 0 fully saturated rings. The highest BCUT2D eigenvalue weighted by atomic mass is 16.4. The molecule has 0 saturated heterocycles. The summed E-state index contributed by atoms with van der Waals surface area (Å²) in [4.78, 5) is 23.1. The molecule has 0 saturated carbocycles. The lowest BCUT2D eigenvalue weighted by Gasteiger charge is -2.15. The van der Waals surface area contributed by atoms with Crippen LogP contribution < -0.4 is 5.32 Å². The maximum atomic E-state index is 12.3. The highest BCUT2D eigenvalue weighted by Gasteiger charge is 2.15. The van der Waals surface area contributed by atoms with Crippen LogP contribution in [0.2, 0.25) is 0 Å². The van der Waals surface area contributed by atoms with Crippen molar-refractivity contribution in [3.63, 3.8) is 0 Å². The third-order valence-electron chi connectivity index (χ3n) is 4.72. The van der Waals surface area contributed by atoms with Gasteiger partial charge in [0.2, 0.25) is 0 Å². The van der Waals surface area contributed by atoms with Gasteiger partial charge in [-0.25, -0.2) is 4.68 Å². The van der Waals surface area contributed by atoms with Crippen LogP contribution in [0.15, 0.2) is 24.3 Å². The smallest absolute Gasteiger partial charge is 0.303 e. The molecule has 0 spiro atoms. The second kappa shape index (κ2) is 8.65. The van der Waals surface area contributed by atoms with E-state index in [1.165, 1.54) is 0 Å². The number of amides is 1. The molecule has 6 nitrogen and oxygen atoms in total. The minimum Gasteiger partial charge on any atom is -0.481 e. The summed E-state index contributed by atoms with van der Waals surface area (Å²) in [6.07, 6.45) is 2.36. The van der Waals surface area contributed by atoms with Crippen LogP contribution in [-0.4, -0.2) is 32.8 Å². The minimum absolute atomic E-state index is 0.0687. The van der Waals surface area contributed by atoms with Gasteiger partial charge in [-0.1, -0.05) is 13.8 Å². The van der Waals surface area contributed by atoms with Gasteiger partial charge in [-0.2, -0.15) is 5.10 Å². The van der Waals surface area contributed by atoms with E-state index in [1.807, 2.05) is 26.0 Å². The summed E-state index contributed by atoms with van der Waals surface area (Å²) in [6, 6.07) is 7.50. The number of hydrogen-bond acceptors (Lipinski definition) is 3. The molecule has 1 aromatic heterocycles. The van der Waals surface area contributed by atoms with Crippen molar-refractivity contribution in [2.24, 2.45) is 0 Å². The van der Waals surface area contributed by atoms with Gasteiger partial charge >= 0.3 is 5.97 Å². The van der Waals surface area contributed by atoms with Crippen molar-refractivity contribution in [3.05, 3.63) is 46.8 Å². The van der Waals surface area contributed by atoms with E-state index in [2.05, 4.69) is 24.3 Å². The molecule has 2 aromatic rings. The Hall–Kier alpha value is -2.63. The summed E-state index contributed by atoms with van der Waals surface area (Å²) in [6.45, 7) is 7.94. The molecule has 0 aliphatic carbocycles. The fraction of sp³-hybridized carbons (Fsp3) is 0.450. The number of carboxylic acids is 1. The zero-order valence-corrected chi connectivity index (χ0v) is 15.9. The third-order valence-corrected chi connectivity index (χ3v) is 4.72. The number of carbonyl (C=O) groups is 2. The first kappa shape index (κ1) is 19.7. The number of aryl methyl sites for hydroxylation is 1. The zero-order valence-electron chi connectivity index (χ0n) is 15.9. The summed E-state index contributed by atoms with van der Waals surface area (Å²) in [5.74, 6) is -0.884. The van der Waals surface area contributed by atoms with Gasteiger partial charge in [-0.05, 0) is 62.9 Å². The third kappa shape index (κ3) is 4.50. The van der Waals surface area contributed by atoms with E-state index in [4.69, 9.17) is 5.11 Å². The molecule has 1 aromatic carbocycles. The van der Waals surface area contributed by atoms with E-state index in [0.29, 0.717) is 12.0 Å². The Morgan fingerprint density at radius 3 is 2.31 bits per heavy atom. The van der Waals surface area contributed by atoms with Crippen molar-refractivity contribution in [3.8, 4) is 5.69 Å². The molecule has 140 valence electrons. The van der Waals surface area contributed by atoms with Crippen LogP contribution in [0, 0.1) is 13.8 Å². The van der Waals surface area contributed by atoms with Gasteiger partial charge in [-0.3, -0.25) is 9.59 Å². The van der Waals surface area contributed by atoms with E-state index >= 15 is 0 Å². The molecular formula is C20H27N3O3. The number of carbonyl (C=O) groups excluding carboxylic acids is 1. The van der Waals surface area contributed by atoms with Gasteiger partial charge < -0.3 is 10.4 Å². The number of hydrogen-bond donors (Lipinski definition) is 2. The van der Waals surface area contributed by atoms with Crippen molar-refractivity contribution in [2.45, 2.75) is 59.4 Å². The minimum atomic E-state index is -0.815. The summed E-state index contributed by atoms with van der Waals surface area (Å²) in [5, 5.41) is 16.5. The first-order valence-electron chi connectivity index (χ1n) is 9.05. The fourth-order valence-corrected chi connectivity index (χ4v) is 3.04. The van der Waals surface area contributed by atoms with Crippen LogP contribution in [0.5, 0.6) is 0 Å². The highest BCUT2D eigenvalue weighted by molar-refractivity contribution is 5.94. The summed E-state index contributed by atoms with van der Waals surface area (Å²) in [7, 11) is 0. The van der Waals surface area contributed by atoms with E-state index in [1.54, 1.807) is 16.8 Å². The molecule has 0 bridgehead atoms. The van der Waals surface area contributed by atoms with Gasteiger partial charge in [0.05, 0.1) is 11.4 Å². The standard InChI is InChI=1S/C20H27N3O3/c1-5-16(6-2)21-20(26)15-7-9-17(10-8-15)23-14(4)18(13(3)22-23)11-12-19(24)25/h7-10,16H,5-6,11-12H2,1-4H3,(H,21,26)(H,24,25). The largest absolute Gasteiger partial charge is 0.481 e. The van der Waals surface area contributed by atoms with E-state index < -0.39 is 5.97 Å². The number of aromatic nitrogens is 2. The Labute approximate surface area is 154 Å². The van der Waals surface area contributed by atoms with Crippen molar-refractivity contribution >= 4 is 11.9 Å². The van der Waals surface area contributed by atoms with Crippen molar-refractivity contribution in [1.82, 2.24) is 15.1 Å². The molecule has 0 radical (unpaired) electrons. The number of carboxylic acid groups (broad SMARTS) is 1. The van der Waals surface area contributed by atoms with Gasteiger partial charge in [0, 0.05) is 23.7 Å². The van der Waals surface area contributed by atoms with Crippen molar-refractivity contribution in [1.29, 1.82) is 0 Å². The highest BCUT2D eigenvalue weighted by Crippen LogP contribution is 2.20. The lowest BCUT2D eigenvalue weighted by molar-refractivity contribution is -0.136. The molecule has 0 aliphatic rings. The Balaban J connectivity index is 2.19. The molecule has 1 heterocycles. The summed E-state index contributed by atoms with van der Waals surface area (Å²) in [5.41, 5.74) is 4.19. The maximum Gasteiger partial charge on any atom is 0.303 e. The Morgan fingerprint density at radius 2 is 1.77 bits per heavy atom. The van der Waals surface area contributed by atoms with E-state index in [9.17, 15) is 9.59 Å². The Kier molecular flexibility index (Phi) is 6.55. The summed E-state index contributed by atoms with van der Waals surface area (Å²) < 4.78 is 1.80. The monoisotopic (exact) mass is 357 g/mol. The Morgan fingerprint density at radius 1 is 1.15 bits per heavy atom. The van der Waals surface area contributed by atoms with Crippen molar-refractivity contribution < 1.29 is 14.7 Å². The predicted octanol–water partition coefficient (Wildman–Crippen LogP) is 3.42. The molecule has 26 heavy (non-hydrogen) atoms. The number of rotatable bonds is 8. The predicted molar refractivity (Wildman–Crippen MR) is 101 cm³/mol. The molecule has 0 atom stereocenters. The SMILES string of the molecule is CCC(CC)NC(=O)c1ccc(-n2nc(C)c(CCC(=O)O)c2C)cc1.